The Morgan fingerprint density at radius 2 is 1.63 bits per heavy atom. The summed E-state index contributed by atoms with van der Waals surface area (Å²) >= 11 is 1.51. The zero-order chi connectivity index (χ0) is 40.1. The van der Waals surface area contributed by atoms with Crippen molar-refractivity contribution in [3.05, 3.63) is 52.5 Å². The van der Waals surface area contributed by atoms with Gasteiger partial charge in [-0.1, -0.05) is 85.2 Å². The molecule has 2 heterocycles. The molecular weight excluding hydrogens is 703 g/mol. The van der Waals surface area contributed by atoms with Crippen LogP contribution in [0, 0.1) is 29.6 Å². The van der Waals surface area contributed by atoms with E-state index in [1.165, 1.54) is 11.3 Å². The Kier molecular flexibility index (Phi) is 18.2. The number of Topliss-reactive ketones (excluding diaryl/α,β-unsaturated/α-hetero) is 1. The van der Waals surface area contributed by atoms with E-state index < -0.39 is 30.1 Å². The molecule has 0 spiro atoms. The third kappa shape index (κ3) is 12.2. The highest BCUT2D eigenvalue weighted by molar-refractivity contribution is 7.09. The first kappa shape index (κ1) is 45.2. The standard InChI is InChI=1S/C42H67N5O6S/c1-12-28(6)37(45-41(51)31(26(2)3)24-34(48)38(27(4)5)46(8)9)35(52-10)25-36(49)47-21-16-19-33(47)39(53-11)29(7)40(50)44-32(42-43-20-22-54-42)23-30-17-14-13-15-18-30/h13-15,17-18,20,22,26-29,31-33,35,37-39H,12,16,19,21,23-25H2,1-11H3,(H,44,50)(H,45,51)/t28-,29+,31?,32-,33-,35+,37-,38-,39+/m0/s1. The van der Waals surface area contributed by atoms with Crippen molar-refractivity contribution in [3.8, 4) is 0 Å². The second kappa shape index (κ2) is 21.8. The number of carbonyl (C=O) groups excluding carboxylic acids is 4. The second-order valence-electron chi connectivity index (χ2n) is 16.0. The SMILES string of the molecule is CC[C@H](C)[C@H](NC(=O)C(CC(=O)[C@H](C(C)C)N(C)C)C(C)C)[C@@H](CC(=O)N1CCC[C@H]1[C@H](OC)[C@@H](C)C(=O)N[C@@H](Cc1ccccc1)c1nccs1)OC. The summed E-state index contributed by atoms with van der Waals surface area (Å²) < 4.78 is 12.0. The van der Waals surface area contributed by atoms with E-state index in [1.807, 2.05) is 94.2 Å². The van der Waals surface area contributed by atoms with E-state index in [2.05, 4.69) is 29.5 Å². The maximum Gasteiger partial charge on any atom is 0.226 e. The lowest BCUT2D eigenvalue weighted by Crippen LogP contribution is -2.54. The summed E-state index contributed by atoms with van der Waals surface area (Å²) in [7, 11) is 6.97. The summed E-state index contributed by atoms with van der Waals surface area (Å²) in [5.41, 5.74) is 1.10. The normalized spacial score (nSPS) is 19.2. The largest absolute Gasteiger partial charge is 0.379 e. The second-order valence-corrected chi connectivity index (χ2v) is 16.9. The van der Waals surface area contributed by atoms with Crippen molar-refractivity contribution in [1.82, 2.24) is 25.4 Å². The highest BCUT2D eigenvalue weighted by Crippen LogP contribution is 2.30. The van der Waals surface area contributed by atoms with Crippen molar-refractivity contribution in [2.24, 2.45) is 29.6 Å². The van der Waals surface area contributed by atoms with Crippen LogP contribution in [0.5, 0.6) is 0 Å². The summed E-state index contributed by atoms with van der Waals surface area (Å²) in [4.78, 5) is 63.7. The number of carbonyl (C=O) groups is 4. The minimum atomic E-state index is -0.592. The van der Waals surface area contributed by atoms with E-state index in [1.54, 1.807) is 20.4 Å². The van der Waals surface area contributed by atoms with E-state index in [-0.39, 0.29) is 72.2 Å². The molecule has 302 valence electrons. The van der Waals surface area contributed by atoms with Crippen molar-refractivity contribution < 1.29 is 28.7 Å². The Hall–Kier alpha value is -3.19. The first-order valence-electron chi connectivity index (χ1n) is 19.7. The molecule has 0 saturated carbocycles. The van der Waals surface area contributed by atoms with Crippen molar-refractivity contribution in [2.45, 2.75) is 123 Å². The average Bonchev–Trinajstić information content (AvgIpc) is 3.85. The lowest BCUT2D eigenvalue weighted by molar-refractivity contribution is -0.143. The molecular formula is C42H67N5O6S. The number of amides is 3. The summed E-state index contributed by atoms with van der Waals surface area (Å²) in [5, 5.41) is 9.21. The minimum Gasteiger partial charge on any atom is -0.379 e. The number of benzene rings is 1. The quantitative estimate of drug-likeness (QED) is 0.151. The molecule has 0 radical (unpaired) electrons. The molecule has 2 N–H and O–H groups in total. The van der Waals surface area contributed by atoms with Gasteiger partial charge in [0, 0.05) is 44.7 Å². The van der Waals surface area contributed by atoms with Crippen molar-refractivity contribution in [3.63, 3.8) is 0 Å². The average molecular weight is 770 g/mol. The number of thiazole rings is 1. The number of nitrogens with zero attached hydrogens (tertiary/aromatic N) is 3. The summed E-state index contributed by atoms with van der Waals surface area (Å²) in [5.74, 6) is -1.40. The molecule has 1 fully saturated rings. The molecule has 54 heavy (non-hydrogen) atoms. The molecule has 3 rings (SSSR count). The number of hydrogen-bond donors (Lipinski definition) is 2. The van der Waals surface area contributed by atoms with Gasteiger partial charge in [-0.15, -0.1) is 11.3 Å². The fourth-order valence-corrected chi connectivity index (χ4v) is 8.73. The first-order valence-corrected chi connectivity index (χ1v) is 20.6. The highest BCUT2D eigenvalue weighted by Gasteiger charge is 2.42. The smallest absolute Gasteiger partial charge is 0.226 e. The monoisotopic (exact) mass is 769 g/mol. The van der Waals surface area contributed by atoms with E-state index in [9.17, 15) is 19.2 Å². The molecule has 12 heteroatoms. The molecule has 3 amide bonds. The molecule has 9 atom stereocenters. The summed E-state index contributed by atoms with van der Waals surface area (Å²) in [6, 6.07) is 8.70. The van der Waals surface area contributed by atoms with Crippen molar-refractivity contribution >= 4 is 34.8 Å². The maximum atomic E-state index is 14.2. The molecule has 0 aliphatic carbocycles. The first-order chi connectivity index (χ1) is 25.6. The molecule has 1 aliphatic heterocycles. The number of likely N-dealkylation sites (N-methyl/N-ethyl adjacent to an activating group) is 1. The van der Waals surface area contributed by atoms with Crippen LogP contribution in [-0.2, 0) is 35.1 Å². The van der Waals surface area contributed by atoms with Gasteiger partial charge in [-0.05, 0) is 56.7 Å². The van der Waals surface area contributed by atoms with Crippen molar-refractivity contribution in [2.75, 3.05) is 34.9 Å². The van der Waals surface area contributed by atoms with Crippen LogP contribution in [0.15, 0.2) is 41.9 Å². The van der Waals surface area contributed by atoms with Crippen LogP contribution in [0.1, 0.15) is 97.2 Å². The van der Waals surface area contributed by atoms with Gasteiger partial charge in [0.15, 0.2) is 5.78 Å². The number of ketones is 1. The van der Waals surface area contributed by atoms with Crippen LogP contribution in [0.3, 0.4) is 0 Å². The summed E-state index contributed by atoms with van der Waals surface area (Å²) in [6.07, 6.45) is 3.69. The number of rotatable bonds is 22. The molecule has 1 saturated heterocycles. The molecule has 11 nitrogen and oxygen atoms in total. The predicted molar refractivity (Wildman–Crippen MR) is 215 cm³/mol. The van der Waals surface area contributed by atoms with E-state index in [4.69, 9.17) is 9.47 Å². The molecule has 1 aliphatic rings. The van der Waals surface area contributed by atoms with Crippen LogP contribution < -0.4 is 10.6 Å². The van der Waals surface area contributed by atoms with Crippen molar-refractivity contribution in [1.29, 1.82) is 0 Å². The van der Waals surface area contributed by atoms with Crippen LogP contribution in [0.25, 0.3) is 0 Å². The van der Waals surface area contributed by atoms with Gasteiger partial charge in [0.1, 0.15) is 5.01 Å². The predicted octanol–water partition coefficient (Wildman–Crippen LogP) is 5.94. The van der Waals surface area contributed by atoms with Gasteiger partial charge >= 0.3 is 0 Å². The third-order valence-electron chi connectivity index (χ3n) is 11.3. The molecule has 1 aromatic heterocycles. The third-order valence-corrected chi connectivity index (χ3v) is 12.1. The van der Waals surface area contributed by atoms with Crippen LogP contribution in [0.4, 0.5) is 0 Å². The minimum absolute atomic E-state index is 0.00638. The van der Waals surface area contributed by atoms with Gasteiger partial charge in [0.25, 0.3) is 0 Å². The van der Waals surface area contributed by atoms with Gasteiger partial charge in [-0.2, -0.15) is 0 Å². The van der Waals surface area contributed by atoms with E-state index in [0.29, 0.717) is 19.4 Å². The van der Waals surface area contributed by atoms with E-state index in [0.717, 1.165) is 23.4 Å². The Morgan fingerprint density at radius 1 is 0.944 bits per heavy atom. The van der Waals surface area contributed by atoms with Gasteiger partial charge in [-0.25, -0.2) is 4.98 Å². The van der Waals surface area contributed by atoms with E-state index >= 15 is 0 Å². The van der Waals surface area contributed by atoms with Gasteiger partial charge in [0.2, 0.25) is 17.7 Å². The van der Waals surface area contributed by atoms with Crippen LogP contribution in [-0.4, -0.2) is 103 Å². The molecule has 2 aromatic rings. The topological polar surface area (TPSA) is 130 Å². The fraction of sp³-hybridized carbons (Fsp3) is 0.690. The Bertz CT molecular complexity index is 1450. The number of likely N-dealkylation sites (tertiary alicyclic amines) is 1. The fourth-order valence-electron chi connectivity index (χ4n) is 8.04. The molecule has 0 bridgehead atoms. The summed E-state index contributed by atoms with van der Waals surface area (Å²) in [6.45, 7) is 14.5. The van der Waals surface area contributed by atoms with Gasteiger partial charge in [0.05, 0.1) is 48.7 Å². The Labute approximate surface area is 328 Å². The number of ether oxygens (including phenoxy) is 2. The Morgan fingerprint density at radius 3 is 2.17 bits per heavy atom. The number of hydrogen-bond acceptors (Lipinski definition) is 9. The molecule has 1 unspecified atom stereocenters. The van der Waals surface area contributed by atoms with Gasteiger partial charge < -0.3 is 25.0 Å². The Balaban J connectivity index is 1.75. The lowest BCUT2D eigenvalue weighted by atomic mass is 9.84. The van der Waals surface area contributed by atoms with Crippen LogP contribution >= 0.6 is 11.3 Å². The zero-order valence-corrected chi connectivity index (χ0v) is 35.4. The molecule has 1 aromatic carbocycles. The van der Waals surface area contributed by atoms with Crippen LogP contribution in [0.2, 0.25) is 0 Å². The number of methoxy groups -OCH3 is 2. The zero-order valence-electron chi connectivity index (χ0n) is 34.5. The maximum absolute atomic E-state index is 14.2. The van der Waals surface area contributed by atoms with Gasteiger partial charge in [-0.3, -0.25) is 24.1 Å². The number of aromatic nitrogens is 1. The highest BCUT2D eigenvalue weighted by atomic mass is 32.1. The number of nitrogens with one attached hydrogen (secondary N) is 2. The lowest BCUT2D eigenvalue weighted by Gasteiger charge is -2.37.